The Morgan fingerprint density at radius 3 is 2.48 bits per heavy atom. The summed E-state index contributed by atoms with van der Waals surface area (Å²) >= 11 is 3.11. The van der Waals surface area contributed by atoms with Crippen LogP contribution in [-0.2, 0) is 10.0 Å². The zero-order chi connectivity index (χ0) is 15.6. The minimum absolute atomic E-state index is 0.0985. The lowest BCUT2D eigenvalue weighted by Crippen LogP contribution is -2.29. The topological polar surface area (TPSA) is 59.8 Å². The van der Waals surface area contributed by atoms with Crippen molar-refractivity contribution < 1.29 is 17.6 Å². The number of hydrogen-bond donors (Lipinski definition) is 0. The fourth-order valence-corrected chi connectivity index (χ4v) is 3.66. The summed E-state index contributed by atoms with van der Waals surface area (Å²) in [6.45, 7) is 1.80. The van der Waals surface area contributed by atoms with Gasteiger partial charge in [0.2, 0.25) is 5.09 Å². The van der Waals surface area contributed by atoms with Crippen LogP contribution in [0, 0.1) is 0 Å². The first kappa shape index (κ1) is 16.1. The van der Waals surface area contributed by atoms with Gasteiger partial charge in [0.1, 0.15) is 5.75 Å². The molecular formula is C14H16BrNO4S. The largest absolute Gasteiger partial charge is 0.496 e. The normalized spacial score (nSPS) is 13.4. The van der Waals surface area contributed by atoms with Gasteiger partial charge >= 0.3 is 0 Å². The molecule has 1 aromatic carbocycles. The summed E-state index contributed by atoms with van der Waals surface area (Å²) in [6.07, 6.45) is 0. The number of rotatable bonds is 5. The molecule has 5 nitrogen and oxygen atoms in total. The molecule has 2 rings (SSSR count). The van der Waals surface area contributed by atoms with E-state index in [2.05, 4.69) is 15.9 Å². The average molecular weight is 374 g/mol. The van der Waals surface area contributed by atoms with E-state index in [9.17, 15) is 8.42 Å². The van der Waals surface area contributed by atoms with Crippen LogP contribution in [0.3, 0.4) is 0 Å². The molecule has 0 bridgehead atoms. The number of para-hydroxylation sites is 1. The third-order valence-electron chi connectivity index (χ3n) is 3.32. The van der Waals surface area contributed by atoms with Crippen molar-refractivity contribution in [2.75, 3.05) is 14.2 Å². The highest BCUT2D eigenvalue weighted by molar-refractivity contribution is 9.10. The maximum absolute atomic E-state index is 12.5. The monoisotopic (exact) mass is 373 g/mol. The molecule has 0 unspecified atom stereocenters. The number of benzene rings is 1. The molecule has 0 saturated heterocycles. The van der Waals surface area contributed by atoms with Gasteiger partial charge in [-0.1, -0.05) is 18.2 Å². The van der Waals surface area contributed by atoms with Crippen LogP contribution in [0.2, 0.25) is 0 Å². The first-order chi connectivity index (χ1) is 9.87. The van der Waals surface area contributed by atoms with Gasteiger partial charge in [0.05, 0.1) is 13.2 Å². The maximum Gasteiger partial charge on any atom is 0.276 e. The summed E-state index contributed by atoms with van der Waals surface area (Å²) in [5, 5.41) is -0.0985. The molecule has 0 N–H and O–H groups in total. The van der Waals surface area contributed by atoms with Crippen LogP contribution in [0.1, 0.15) is 18.5 Å². The molecule has 0 aliphatic rings. The third kappa shape index (κ3) is 3.14. The summed E-state index contributed by atoms with van der Waals surface area (Å²) in [5.41, 5.74) is 0.789. The zero-order valence-electron chi connectivity index (χ0n) is 11.9. The van der Waals surface area contributed by atoms with Crippen LogP contribution < -0.4 is 4.74 Å². The van der Waals surface area contributed by atoms with Gasteiger partial charge in [-0.15, -0.1) is 0 Å². The predicted octanol–water partition coefficient (Wildman–Crippen LogP) is 3.43. The minimum atomic E-state index is -3.71. The van der Waals surface area contributed by atoms with Crippen molar-refractivity contribution in [2.24, 2.45) is 0 Å². The van der Waals surface area contributed by atoms with Crippen LogP contribution in [-0.4, -0.2) is 26.9 Å². The van der Waals surface area contributed by atoms with Crippen LogP contribution in [0.4, 0.5) is 0 Å². The van der Waals surface area contributed by atoms with E-state index < -0.39 is 16.1 Å². The molecule has 0 aliphatic heterocycles. The van der Waals surface area contributed by atoms with E-state index in [0.717, 1.165) is 5.56 Å². The highest BCUT2D eigenvalue weighted by Gasteiger charge is 2.30. The Morgan fingerprint density at radius 2 is 1.90 bits per heavy atom. The van der Waals surface area contributed by atoms with Crippen LogP contribution in [0.25, 0.3) is 0 Å². The summed E-state index contributed by atoms with van der Waals surface area (Å²) in [6, 6.07) is 9.91. The molecule has 0 spiro atoms. The van der Waals surface area contributed by atoms with E-state index in [-0.39, 0.29) is 5.09 Å². The van der Waals surface area contributed by atoms with Crippen molar-refractivity contribution in [2.45, 2.75) is 18.1 Å². The number of methoxy groups -OCH3 is 1. The molecule has 0 aliphatic carbocycles. The maximum atomic E-state index is 12.5. The zero-order valence-corrected chi connectivity index (χ0v) is 14.3. The molecular weight excluding hydrogens is 358 g/mol. The van der Waals surface area contributed by atoms with Gasteiger partial charge in [-0.05, 0) is 41.1 Å². The Morgan fingerprint density at radius 1 is 1.24 bits per heavy atom. The van der Waals surface area contributed by atoms with Crippen molar-refractivity contribution in [1.29, 1.82) is 0 Å². The van der Waals surface area contributed by atoms with Gasteiger partial charge in [-0.25, -0.2) is 8.42 Å². The van der Waals surface area contributed by atoms with Crippen molar-refractivity contribution in [3.63, 3.8) is 0 Å². The van der Waals surface area contributed by atoms with Crippen LogP contribution in [0.5, 0.6) is 5.75 Å². The summed E-state index contributed by atoms with van der Waals surface area (Å²) < 4.78 is 37.1. The Kier molecular flexibility index (Phi) is 4.75. The summed E-state index contributed by atoms with van der Waals surface area (Å²) in [4.78, 5) is 0. The van der Waals surface area contributed by atoms with Gasteiger partial charge < -0.3 is 9.15 Å². The second-order valence-corrected chi connectivity index (χ2v) is 7.21. The van der Waals surface area contributed by atoms with Gasteiger partial charge in [0, 0.05) is 12.6 Å². The average Bonchev–Trinajstić information content (AvgIpc) is 2.93. The molecule has 1 heterocycles. The summed E-state index contributed by atoms with van der Waals surface area (Å²) in [5.74, 6) is 0.646. The van der Waals surface area contributed by atoms with E-state index in [1.807, 2.05) is 18.2 Å². The molecule has 0 amide bonds. The lowest BCUT2D eigenvalue weighted by atomic mass is 10.1. The van der Waals surface area contributed by atoms with Crippen molar-refractivity contribution in [1.82, 2.24) is 4.31 Å². The second kappa shape index (κ2) is 6.21. The number of sulfonamides is 1. The third-order valence-corrected chi connectivity index (χ3v) is 5.54. The molecule has 0 saturated carbocycles. The highest BCUT2D eigenvalue weighted by Crippen LogP contribution is 2.32. The van der Waals surface area contributed by atoms with Gasteiger partial charge in [0.15, 0.2) is 4.67 Å². The number of halogens is 1. The number of hydrogen-bond acceptors (Lipinski definition) is 4. The Hall–Kier alpha value is -1.31. The van der Waals surface area contributed by atoms with Crippen molar-refractivity contribution >= 4 is 26.0 Å². The summed E-state index contributed by atoms with van der Waals surface area (Å²) in [7, 11) is -0.633. The van der Waals surface area contributed by atoms with E-state index in [4.69, 9.17) is 9.15 Å². The first-order valence-corrected chi connectivity index (χ1v) is 8.47. The van der Waals surface area contributed by atoms with Gasteiger partial charge in [-0.2, -0.15) is 4.31 Å². The number of furan rings is 1. The second-order valence-electron chi connectivity index (χ2n) is 4.50. The number of ether oxygens (including phenoxy) is 1. The van der Waals surface area contributed by atoms with Gasteiger partial charge in [0.25, 0.3) is 10.0 Å². The molecule has 7 heteroatoms. The lowest BCUT2D eigenvalue weighted by Gasteiger charge is -2.24. The van der Waals surface area contributed by atoms with Crippen LogP contribution in [0.15, 0.2) is 50.6 Å². The predicted molar refractivity (Wildman–Crippen MR) is 82.8 cm³/mol. The van der Waals surface area contributed by atoms with E-state index >= 15 is 0 Å². The minimum Gasteiger partial charge on any atom is -0.496 e. The molecule has 0 fully saturated rings. The first-order valence-electron chi connectivity index (χ1n) is 6.24. The molecule has 21 heavy (non-hydrogen) atoms. The fourth-order valence-electron chi connectivity index (χ4n) is 1.99. The number of nitrogens with zero attached hydrogens (tertiary/aromatic N) is 1. The smallest absolute Gasteiger partial charge is 0.276 e. The lowest BCUT2D eigenvalue weighted by molar-refractivity contribution is 0.350. The molecule has 0 radical (unpaired) electrons. The molecule has 1 atom stereocenters. The standard InChI is InChI=1S/C14H16BrNO4S/c1-10(11-6-4-5-7-12(11)19-3)16(2)21(17,18)14-9-8-13(15)20-14/h4-10H,1-3H3/t10-/m1/s1. The Bertz CT molecular complexity index is 726. The van der Waals surface area contributed by atoms with Crippen LogP contribution >= 0.6 is 15.9 Å². The molecule has 1 aromatic heterocycles. The van der Waals surface area contributed by atoms with Crippen molar-refractivity contribution in [3.05, 3.63) is 46.6 Å². The Balaban J connectivity index is 2.37. The fraction of sp³-hybridized carbons (Fsp3) is 0.286. The molecule has 114 valence electrons. The van der Waals surface area contributed by atoms with E-state index in [1.54, 1.807) is 26.2 Å². The van der Waals surface area contributed by atoms with Crippen molar-refractivity contribution in [3.8, 4) is 5.75 Å². The van der Waals surface area contributed by atoms with Gasteiger partial charge in [-0.3, -0.25) is 0 Å². The molecule has 2 aromatic rings. The highest BCUT2D eigenvalue weighted by atomic mass is 79.9. The quantitative estimate of drug-likeness (QED) is 0.805. The Labute approximate surface area is 132 Å². The van der Waals surface area contributed by atoms with E-state index in [1.165, 1.54) is 17.4 Å². The van der Waals surface area contributed by atoms with E-state index in [0.29, 0.717) is 10.4 Å². The SMILES string of the molecule is COc1ccccc1[C@@H](C)N(C)S(=O)(=O)c1ccc(Br)o1.